The first-order valence-corrected chi connectivity index (χ1v) is 7.06. The zero-order chi connectivity index (χ0) is 13.7. The molecule has 19 heavy (non-hydrogen) atoms. The molecule has 2 unspecified atom stereocenters. The molecule has 0 spiro atoms. The van der Waals surface area contributed by atoms with Crippen molar-refractivity contribution in [2.24, 2.45) is 11.7 Å². The van der Waals surface area contributed by atoms with Gasteiger partial charge in [0.25, 0.3) is 0 Å². The molecule has 0 heterocycles. The number of amides is 2. The number of hydrogen-bond acceptors (Lipinski definition) is 2. The van der Waals surface area contributed by atoms with Crippen molar-refractivity contribution >= 4 is 17.4 Å². The molecule has 0 aromatic heterocycles. The number of hydrogen-bond donors (Lipinski definition) is 3. The standard InChI is InChI=1S/C15H23N3O/c1-11-4-2-5-12(9-8-11)17-13-6-3-7-14(10-13)18-15(16)19/h3,6-7,10-12,17H,2,4-5,8-9H2,1H3,(H3,16,18,19). The lowest BCUT2D eigenvalue weighted by Crippen LogP contribution is -2.20. The molecular weight excluding hydrogens is 238 g/mol. The molecule has 0 saturated heterocycles. The van der Waals surface area contributed by atoms with Gasteiger partial charge in [-0.1, -0.05) is 25.8 Å². The summed E-state index contributed by atoms with van der Waals surface area (Å²) in [6.45, 7) is 2.33. The van der Waals surface area contributed by atoms with E-state index in [9.17, 15) is 4.79 Å². The lowest BCUT2D eigenvalue weighted by molar-refractivity contribution is 0.259. The molecule has 0 bridgehead atoms. The number of anilines is 2. The Kier molecular flexibility index (Phi) is 4.66. The van der Waals surface area contributed by atoms with Crippen LogP contribution in [0.2, 0.25) is 0 Å². The molecule has 2 amide bonds. The Balaban J connectivity index is 1.96. The van der Waals surface area contributed by atoms with Crippen LogP contribution in [-0.2, 0) is 0 Å². The molecule has 0 radical (unpaired) electrons. The van der Waals surface area contributed by atoms with Gasteiger partial charge in [-0.3, -0.25) is 0 Å². The van der Waals surface area contributed by atoms with E-state index in [1.54, 1.807) is 0 Å². The highest BCUT2D eigenvalue weighted by Crippen LogP contribution is 2.25. The quantitative estimate of drug-likeness (QED) is 0.728. The van der Waals surface area contributed by atoms with Crippen LogP contribution in [0.25, 0.3) is 0 Å². The molecule has 4 nitrogen and oxygen atoms in total. The van der Waals surface area contributed by atoms with Crippen LogP contribution in [0.3, 0.4) is 0 Å². The van der Waals surface area contributed by atoms with Gasteiger partial charge in [0.1, 0.15) is 0 Å². The second-order valence-corrected chi connectivity index (χ2v) is 5.52. The zero-order valence-corrected chi connectivity index (χ0v) is 11.5. The number of nitrogens with one attached hydrogen (secondary N) is 2. The molecule has 0 aliphatic heterocycles. The minimum absolute atomic E-state index is 0.527. The van der Waals surface area contributed by atoms with Gasteiger partial charge in [-0.05, 0) is 43.4 Å². The molecule has 4 heteroatoms. The summed E-state index contributed by atoms with van der Waals surface area (Å²) in [4.78, 5) is 10.8. The molecule has 104 valence electrons. The van der Waals surface area contributed by atoms with Crippen molar-refractivity contribution in [2.75, 3.05) is 10.6 Å². The van der Waals surface area contributed by atoms with Gasteiger partial charge in [0, 0.05) is 17.4 Å². The van der Waals surface area contributed by atoms with Crippen LogP contribution in [0.15, 0.2) is 24.3 Å². The average Bonchev–Trinajstić information content (AvgIpc) is 2.54. The van der Waals surface area contributed by atoms with Crippen molar-refractivity contribution in [2.45, 2.75) is 45.1 Å². The molecule has 1 aliphatic rings. The summed E-state index contributed by atoms with van der Waals surface area (Å²) in [6.07, 6.45) is 6.35. The van der Waals surface area contributed by atoms with Gasteiger partial charge >= 0.3 is 6.03 Å². The Bertz CT molecular complexity index is 433. The normalized spacial score (nSPS) is 23.4. The summed E-state index contributed by atoms with van der Waals surface area (Å²) in [5, 5.41) is 6.16. The third-order valence-corrected chi connectivity index (χ3v) is 3.76. The van der Waals surface area contributed by atoms with Crippen LogP contribution in [0, 0.1) is 5.92 Å². The maximum absolute atomic E-state index is 10.8. The fourth-order valence-electron chi connectivity index (χ4n) is 2.70. The molecule has 2 atom stereocenters. The summed E-state index contributed by atoms with van der Waals surface area (Å²) in [5.74, 6) is 0.842. The number of carbonyl (C=O) groups is 1. The summed E-state index contributed by atoms with van der Waals surface area (Å²) in [7, 11) is 0. The number of carbonyl (C=O) groups excluding carboxylic acids is 1. The van der Waals surface area contributed by atoms with Crippen LogP contribution < -0.4 is 16.4 Å². The first-order chi connectivity index (χ1) is 9.13. The first-order valence-electron chi connectivity index (χ1n) is 7.06. The second kappa shape index (κ2) is 6.45. The molecule has 4 N–H and O–H groups in total. The molecular formula is C15H23N3O. The van der Waals surface area contributed by atoms with Crippen molar-refractivity contribution in [3.63, 3.8) is 0 Å². The topological polar surface area (TPSA) is 67.2 Å². The molecule has 1 saturated carbocycles. The molecule has 1 aromatic rings. The molecule has 1 aromatic carbocycles. The maximum atomic E-state index is 10.8. The second-order valence-electron chi connectivity index (χ2n) is 5.52. The van der Waals surface area contributed by atoms with Gasteiger partial charge < -0.3 is 16.4 Å². The van der Waals surface area contributed by atoms with Crippen molar-refractivity contribution < 1.29 is 4.79 Å². The van der Waals surface area contributed by atoms with Crippen molar-refractivity contribution in [1.82, 2.24) is 0 Å². The minimum Gasteiger partial charge on any atom is -0.382 e. The zero-order valence-electron chi connectivity index (χ0n) is 11.5. The number of benzene rings is 1. The van der Waals surface area contributed by atoms with Gasteiger partial charge in [-0.2, -0.15) is 0 Å². The predicted molar refractivity (Wildman–Crippen MR) is 79.3 cm³/mol. The smallest absolute Gasteiger partial charge is 0.316 e. The van der Waals surface area contributed by atoms with Gasteiger partial charge in [-0.15, -0.1) is 0 Å². The Labute approximate surface area is 114 Å². The summed E-state index contributed by atoms with van der Waals surface area (Å²) in [6, 6.07) is 7.73. The largest absolute Gasteiger partial charge is 0.382 e. The van der Waals surface area contributed by atoms with E-state index in [4.69, 9.17) is 5.73 Å². The number of primary amides is 1. The van der Waals surface area contributed by atoms with Crippen LogP contribution in [0.1, 0.15) is 39.0 Å². The lowest BCUT2D eigenvalue weighted by atomic mass is 10.0. The summed E-state index contributed by atoms with van der Waals surface area (Å²) in [5.41, 5.74) is 6.91. The van der Waals surface area contributed by atoms with E-state index in [1.807, 2.05) is 24.3 Å². The summed E-state index contributed by atoms with van der Waals surface area (Å²) >= 11 is 0. The summed E-state index contributed by atoms with van der Waals surface area (Å²) < 4.78 is 0. The van der Waals surface area contributed by atoms with E-state index in [-0.39, 0.29) is 0 Å². The predicted octanol–water partition coefficient (Wildman–Crippen LogP) is 3.56. The number of rotatable bonds is 3. The first kappa shape index (κ1) is 13.7. The fourth-order valence-corrected chi connectivity index (χ4v) is 2.70. The van der Waals surface area contributed by atoms with E-state index in [1.165, 1.54) is 32.1 Å². The number of urea groups is 1. The third kappa shape index (κ3) is 4.47. The van der Waals surface area contributed by atoms with E-state index < -0.39 is 6.03 Å². The van der Waals surface area contributed by atoms with E-state index >= 15 is 0 Å². The average molecular weight is 261 g/mol. The van der Waals surface area contributed by atoms with Crippen LogP contribution in [0.5, 0.6) is 0 Å². The molecule has 1 aliphatic carbocycles. The van der Waals surface area contributed by atoms with Gasteiger partial charge in [-0.25, -0.2) is 4.79 Å². The monoisotopic (exact) mass is 261 g/mol. The van der Waals surface area contributed by atoms with Gasteiger partial charge in [0.15, 0.2) is 0 Å². The van der Waals surface area contributed by atoms with Crippen molar-refractivity contribution in [1.29, 1.82) is 0 Å². The maximum Gasteiger partial charge on any atom is 0.316 e. The van der Waals surface area contributed by atoms with Crippen LogP contribution in [0.4, 0.5) is 16.2 Å². The Morgan fingerprint density at radius 2 is 2.00 bits per heavy atom. The highest BCUT2D eigenvalue weighted by atomic mass is 16.2. The SMILES string of the molecule is CC1CCCC(Nc2cccc(NC(N)=O)c2)CC1. The fraction of sp³-hybridized carbons (Fsp3) is 0.533. The van der Waals surface area contributed by atoms with Crippen LogP contribution >= 0.6 is 0 Å². The van der Waals surface area contributed by atoms with E-state index in [0.29, 0.717) is 6.04 Å². The van der Waals surface area contributed by atoms with Crippen molar-refractivity contribution in [3.05, 3.63) is 24.3 Å². The highest BCUT2D eigenvalue weighted by molar-refractivity contribution is 5.88. The van der Waals surface area contributed by atoms with Gasteiger partial charge in [0.05, 0.1) is 0 Å². The molecule has 2 rings (SSSR count). The van der Waals surface area contributed by atoms with Crippen molar-refractivity contribution in [3.8, 4) is 0 Å². The van der Waals surface area contributed by atoms with Crippen LogP contribution in [-0.4, -0.2) is 12.1 Å². The minimum atomic E-state index is -0.527. The highest BCUT2D eigenvalue weighted by Gasteiger charge is 2.15. The third-order valence-electron chi connectivity index (χ3n) is 3.76. The van der Waals surface area contributed by atoms with E-state index in [2.05, 4.69) is 17.6 Å². The Morgan fingerprint density at radius 1 is 1.21 bits per heavy atom. The Morgan fingerprint density at radius 3 is 2.79 bits per heavy atom. The Hall–Kier alpha value is -1.71. The molecule has 1 fully saturated rings. The van der Waals surface area contributed by atoms with Gasteiger partial charge in [0.2, 0.25) is 0 Å². The number of nitrogens with two attached hydrogens (primary N) is 1. The van der Waals surface area contributed by atoms with E-state index in [0.717, 1.165) is 17.3 Å². The lowest BCUT2D eigenvalue weighted by Gasteiger charge is -2.18.